The van der Waals surface area contributed by atoms with E-state index in [0.717, 1.165) is 13.1 Å². The van der Waals surface area contributed by atoms with Gasteiger partial charge >= 0.3 is 0 Å². The highest BCUT2D eigenvalue weighted by atomic mass is 35.5. The van der Waals surface area contributed by atoms with E-state index >= 15 is 0 Å². The maximum atomic E-state index is 13.3. The van der Waals surface area contributed by atoms with Crippen LogP contribution in [0.2, 0.25) is 5.02 Å². The number of nitrogens with zero attached hydrogens (tertiary/aromatic N) is 2. The number of hydrogen-bond acceptors (Lipinski definition) is 7. The predicted molar refractivity (Wildman–Crippen MR) is 137 cm³/mol. The quantitative estimate of drug-likeness (QED) is 0.308. The molecule has 2 heterocycles. The van der Waals surface area contributed by atoms with Crippen molar-refractivity contribution in [1.82, 2.24) is 9.80 Å². The number of ketones is 1. The van der Waals surface area contributed by atoms with Crippen molar-refractivity contribution in [1.29, 1.82) is 0 Å². The SMILES string of the molecule is CCOc1ccc([C@H]2/C(=C(\O)c3ccc(Cl)cc3)C(=O)C(=O)N2CCN2CCOCC2)cc1OCC. The molecule has 2 aromatic carbocycles. The number of benzene rings is 2. The molecule has 8 nitrogen and oxygen atoms in total. The summed E-state index contributed by atoms with van der Waals surface area (Å²) in [6.45, 7) is 8.35. The fourth-order valence-corrected chi connectivity index (χ4v) is 4.66. The van der Waals surface area contributed by atoms with Gasteiger partial charge in [0.1, 0.15) is 5.76 Å². The van der Waals surface area contributed by atoms with E-state index in [1.54, 1.807) is 42.5 Å². The van der Waals surface area contributed by atoms with Gasteiger partial charge in [0.25, 0.3) is 11.7 Å². The highest BCUT2D eigenvalue weighted by molar-refractivity contribution is 6.46. The van der Waals surface area contributed by atoms with Crippen LogP contribution in [0.25, 0.3) is 5.76 Å². The van der Waals surface area contributed by atoms with Crippen LogP contribution in [-0.4, -0.2) is 79.2 Å². The van der Waals surface area contributed by atoms with Crippen molar-refractivity contribution in [2.75, 3.05) is 52.6 Å². The van der Waals surface area contributed by atoms with Crippen LogP contribution in [0.4, 0.5) is 0 Å². The lowest BCUT2D eigenvalue weighted by Gasteiger charge is -2.31. The highest BCUT2D eigenvalue weighted by Gasteiger charge is 2.46. The number of morpholine rings is 1. The second kappa shape index (κ2) is 11.8. The topological polar surface area (TPSA) is 88.5 Å². The van der Waals surface area contributed by atoms with Crippen molar-refractivity contribution in [2.24, 2.45) is 0 Å². The first kappa shape index (κ1) is 26.0. The van der Waals surface area contributed by atoms with Gasteiger partial charge in [0.15, 0.2) is 11.5 Å². The summed E-state index contributed by atoms with van der Waals surface area (Å²) >= 11 is 6.01. The molecule has 0 aromatic heterocycles. The molecular formula is C27H31ClN2O6. The summed E-state index contributed by atoms with van der Waals surface area (Å²) in [4.78, 5) is 30.3. The van der Waals surface area contributed by atoms with E-state index in [4.69, 9.17) is 25.8 Å². The van der Waals surface area contributed by atoms with Crippen LogP contribution < -0.4 is 9.47 Å². The van der Waals surface area contributed by atoms with E-state index in [1.165, 1.54) is 4.90 Å². The molecule has 0 radical (unpaired) electrons. The van der Waals surface area contributed by atoms with E-state index < -0.39 is 17.7 Å². The number of amides is 1. The number of aliphatic hydroxyl groups excluding tert-OH is 1. The Morgan fingerprint density at radius 2 is 1.67 bits per heavy atom. The smallest absolute Gasteiger partial charge is 0.295 e. The zero-order chi connectivity index (χ0) is 25.7. The number of hydrogen-bond donors (Lipinski definition) is 1. The summed E-state index contributed by atoms with van der Waals surface area (Å²) in [7, 11) is 0. The fourth-order valence-electron chi connectivity index (χ4n) is 4.53. The second-order valence-corrected chi connectivity index (χ2v) is 8.96. The van der Waals surface area contributed by atoms with Gasteiger partial charge in [0.05, 0.1) is 38.0 Å². The van der Waals surface area contributed by atoms with E-state index in [9.17, 15) is 14.7 Å². The summed E-state index contributed by atoms with van der Waals surface area (Å²) in [5.41, 5.74) is 1.10. The first-order valence-corrected chi connectivity index (χ1v) is 12.6. The number of carbonyl (C=O) groups excluding carboxylic acids is 2. The van der Waals surface area contributed by atoms with Crippen molar-refractivity contribution in [2.45, 2.75) is 19.9 Å². The Kier molecular flexibility index (Phi) is 8.51. The number of carbonyl (C=O) groups is 2. The summed E-state index contributed by atoms with van der Waals surface area (Å²) in [5, 5.41) is 11.7. The molecule has 1 atom stereocenters. The van der Waals surface area contributed by atoms with Crippen LogP contribution in [0.3, 0.4) is 0 Å². The van der Waals surface area contributed by atoms with Gasteiger partial charge in [0, 0.05) is 36.8 Å². The number of rotatable bonds is 9. The van der Waals surface area contributed by atoms with E-state index in [1.807, 2.05) is 13.8 Å². The number of halogens is 1. The van der Waals surface area contributed by atoms with Crippen molar-refractivity contribution < 1.29 is 28.9 Å². The summed E-state index contributed by atoms with van der Waals surface area (Å²) in [5.74, 6) is -0.513. The Morgan fingerprint density at radius 3 is 2.33 bits per heavy atom. The summed E-state index contributed by atoms with van der Waals surface area (Å²) in [6.07, 6.45) is 0. The van der Waals surface area contributed by atoms with Gasteiger partial charge in [0.2, 0.25) is 0 Å². The predicted octanol–water partition coefficient (Wildman–Crippen LogP) is 3.89. The molecule has 0 saturated carbocycles. The Hall–Kier alpha value is -3.07. The van der Waals surface area contributed by atoms with Crippen LogP contribution in [0.15, 0.2) is 48.0 Å². The molecule has 0 spiro atoms. The molecule has 4 rings (SSSR count). The van der Waals surface area contributed by atoms with Crippen molar-refractivity contribution >= 4 is 29.1 Å². The molecule has 9 heteroatoms. The molecule has 2 aromatic rings. The zero-order valence-corrected chi connectivity index (χ0v) is 21.3. The van der Waals surface area contributed by atoms with Crippen LogP contribution >= 0.6 is 11.6 Å². The zero-order valence-electron chi connectivity index (χ0n) is 20.5. The lowest BCUT2D eigenvalue weighted by Crippen LogP contribution is -2.42. The number of likely N-dealkylation sites (tertiary alicyclic amines) is 1. The lowest BCUT2D eigenvalue weighted by atomic mass is 9.95. The van der Waals surface area contributed by atoms with Gasteiger partial charge < -0.3 is 24.2 Å². The van der Waals surface area contributed by atoms with E-state index in [-0.39, 0.29) is 11.3 Å². The van der Waals surface area contributed by atoms with Crippen molar-refractivity contribution in [3.8, 4) is 11.5 Å². The van der Waals surface area contributed by atoms with Crippen LogP contribution in [0.1, 0.15) is 31.0 Å². The Morgan fingerprint density at radius 1 is 1.00 bits per heavy atom. The first-order chi connectivity index (χ1) is 17.4. The minimum atomic E-state index is -0.781. The van der Waals surface area contributed by atoms with Gasteiger partial charge in [-0.3, -0.25) is 14.5 Å². The van der Waals surface area contributed by atoms with Gasteiger partial charge in [-0.2, -0.15) is 0 Å². The van der Waals surface area contributed by atoms with Crippen molar-refractivity contribution in [3.05, 3.63) is 64.2 Å². The van der Waals surface area contributed by atoms with Gasteiger partial charge in [-0.15, -0.1) is 0 Å². The molecule has 1 N–H and O–H groups in total. The summed E-state index contributed by atoms with van der Waals surface area (Å²) in [6, 6.07) is 11.1. The number of ether oxygens (including phenoxy) is 3. The third kappa shape index (κ3) is 5.51. The maximum absolute atomic E-state index is 13.3. The molecule has 2 saturated heterocycles. The highest BCUT2D eigenvalue weighted by Crippen LogP contribution is 2.42. The molecule has 0 aliphatic carbocycles. The first-order valence-electron chi connectivity index (χ1n) is 12.2. The Balaban J connectivity index is 1.77. The number of aliphatic hydroxyl groups is 1. The average Bonchev–Trinajstić information content (AvgIpc) is 3.14. The molecule has 1 amide bonds. The maximum Gasteiger partial charge on any atom is 0.295 e. The summed E-state index contributed by atoms with van der Waals surface area (Å²) < 4.78 is 16.9. The normalized spacial score (nSPS) is 20.1. The van der Waals surface area contributed by atoms with E-state index in [2.05, 4.69) is 4.90 Å². The van der Waals surface area contributed by atoms with Crippen molar-refractivity contribution in [3.63, 3.8) is 0 Å². The second-order valence-electron chi connectivity index (χ2n) is 8.53. The molecule has 0 unspecified atom stereocenters. The minimum Gasteiger partial charge on any atom is -0.507 e. The van der Waals surface area contributed by atoms with Gasteiger partial charge in [-0.1, -0.05) is 17.7 Å². The van der Waals surface area contributed by atoms with Crippen LogP contribution in [0.5, 0.6) is 11.5 Å². The molecular weight excluding hydrogens is 484 g/mol. The third-order valence-electron chi connectivity index (χ3n) is 6.30. The third-order valence-corrected chi connectivity index (χ3v) is 6.55. The monoisotopic (exact) mass is 514 g/mol. The molecule has 0 bridgehead atoms. The molecule has 2 aliphatic heterocycles. The minimum absolute atomic E-state index is 0.0379. The van der Waals surface area contributed by atoms with Crippen LogP contribution in [0, 0.1) is 0 Å². The van der Waals surface area contributed by atoms with E-state index in [0.29, 0.717) is 67.2 Å². The number of Topliss-reactive ketones (excluding diaryl/α,β-unsaturated/α-hetero) is 1. The Bertz CT molecular complexity index is 1130. The average molecular weight is 515 g/mol. The van der Waals surface area contributed by atoms with Gasteiger partial charge in [-0.25, -0.2) is 0 Å². The largest absolute Gasteiger partial charge is 0.507 e. The fraction of sp³-hybridized carbons (Fsp3) is 0.407. The molecule has 2 fully saturated rings. The molecule has 36 heavy (non-hydrogen) atoms. The standard InChI is InChI=1S/C27H31ClN2O6/c1-3-35-21-10-7-19(17-22(21)36-4-2)24-23(25(31)18-5-8-20(28)9-6-18)26(32)27(33)30(24)12-11-29-13-15-34-16-14-29/h5-10,17,24,31H,3-4,11-16H2,1-2H3/b25-23+/t24-/m0/s1. The van der Waals surface area contributed by atoms with Crippen LogP contribution in [-0.2, 0) is 14.3 Å². The molecule has 192 valence electrons. The molecule has 2 aliphatic rings. The Labute approximate surface area is 216 Å². The lowest BCUT2D eigenvalue weighted by molar-refractivity contribution is -0.140. The van der Waals surface area contributed by atoms with Gasteiger partial charge in [-0.05, 0) is 55.8 Å².